The predicted octanol–water partition coefficient (Wildman–Crippen LogP) is 3.91. The molecule has 0 aliphatic carbocycles. The Kier molecular flexibility index (Phi) is 4.96. The molecule has 2 aromatic carbocycles. The molecule has 0 saturated heterocycles. The second-order valence-corrected chi connectivity index (χ2v) is 5.30. The van der Waals surface area contributed by atoms with E-state index in [9.17, 15) is 4.79 Å². The number of hydrogen-bond acceptors (Lipinski definition) is 3. The first kappa shape index (κ1) is 15.1. The standard InChI is InChI=1S/C16H13BrN2O2/c1-11-10-12(17)2-7-15(11)16(20)19-13-3-5-14(6-4-13)21-9-8-18/h2-7,10H,9H2,1H3,(H,19,20). The number of ether oxygens (including phenoxy) is 1. The number of carbonyl (C=O) groups excluding carboxylic acids is 1. The van der Waals surface area contributed by atoms with Crippen LogP contribution < -0.4 is 10.1 Å². The fourth-order valence-corrected chi connectivity index (χ4v) is 2.31. The van der Waals surface area contributed by atoms with Crippen LogP contribution in [0.25, 0.3) is 0 Å². The Morgan fingerprint density at radius 2 is 2.00 bits per heavy atom. The smallest absolute Gasteiger partial charge is 0.255 e. The minimum atomic E-state index is -0.161. The number of carbonyl (C=O) groups is 1. The van der Waals surface area contributed by atoms with Gasteiger partial charge < -0.3 is 10.1 Å². The maximum absolute atomic E-state index is 12.2. The molecule has 0 fully saturated rings. The quantitative estimate of drug-likeness (QED) is 0.914. The Labute approximate surface area is 131 Å². The third-order valence-electron chi connectivity index (χ3n) is 2.85. The summed E-state index contributed by atoms with van der Waals surface area (Å²) in [4.78, 5) is 12.2. The molecule has 0 aliphatic heterocycles. The minimum Gasteiger partial charge on any atom is -0.479 e. The van der Waals surface area contributed by atoms with Gasteiger partial charge in [-0.25, -0.2) is 0 Å². The number of halogens is 1. The highest BCUT2D eigenvalue weighted by Gasteiger charge is 2.09. The van der Waals surface area contributed by atoms with Gasteiger partial charge in [-0.15, -0.1) is 0 Å². The van der Waals surface area contributed by atoms with E-state index in [1.807, 2.05) is 25.1 Å². The zero-order valence-electron chi connectivity index (χ0n) is 11.4. The van der Waals surface area contributed by atoms with Gasteiger partial charge in [0.25, 0.3) is 5.91 Å². The molecule has 4 nitrogen and oxygen atoms in total. The lowest BCUT2D eigenvalue weighted by Crippen LogP contribution is -2.13. The van der Waals surface area contributed by atoms with Crippen LogP contribution in [0, 0.1) is 18.3 Å². The van der Waals surface area contributed by atoms with Crippen LogP contribution in [0.5, 0.6) is 5.75 Å². The third-order valence-corrected chi connectivity index (χ3v) is 3.34. The van der Waals surface area contributed by atoms with Crippen molar-refractivity contribution in [3.05, 3.63) is 58.1 Å². The summed E-state index contributed by atoms with van der Waals surface area (Å²) in [6, 6.07) is 14.3. The van der Waals surface area contributed by atoms with E-state index in [1.54, 1.807) is 30.3 Å². The Balaban J connectivity index is 2.07. The van der Waals surface area contributed by atoms with Gasteiger partial charge in [0.1, 0.15) is 11.8 Å². The average Bonchev–Trinajstić information content (AvgIpc) is 2.46. The first-order chi connectivity index (χ1) is 10.1. The van der Waals surface area contributed by atoms with Crippen LogP contribution in [-0.2, 0) is 0 Å². The number of nitrogens with one attached hydrogen (secondary N) is 1. The number of hydrogen-bond donors (Lipinski definition) is 1. The summed E-state index contributed by atoms with van der Waals surface area (Å²) in [5.74, 6) is 0.431. The van der Waals surface area contributed by atoms with Gasteiger partial charge in [-0.1, -0.05) is 15.9 Å². The van der Waals surface area contributed by atoms with Gasteiger partial charge >= 0.3 is 0 Å². The topological polar surface area (TPSA) is 62.1 Å². The molecule has 0 bridgehead atoms. The maximum atomic E-state index is 12.2. The van der Waals surface area contributed by atoms with Crippen molar-refractivity contribution in [2.75, 3.05) is 11.9 Å². The largest absolute Gasteiger partial charge is 0.479 e. The molecule has 21 heavy (non-hydrogen) atoms. The lowest BCUT2D eigenvalue weighted by Gasteiger charge is -2.09. The van der Waals surface area contributed by atoms with Crippen molar-refractivity contribution in [2.24, 2.45) is 0 Å². The third kappa shape index (κ3) is 4.07. The van der Waals surface area contributed by atoms with Crippen molar-refractivity contribution in [1.82, 2.24) is 0 Å². The summed E-state index contributed by atoms with van der Waals surface area (Å²) < 4.78 is 6.09. The number of aryl methyl sites for hydroxylation is 1. The van der Waals surface area contributed by atoms with E-state index in [4.69, 9.17) is 10.00 Å². The monoisotopic (exact) mass is 344 g/mol. The molecular formula is C16H13BrN2O2. The number of amides is 1. The van der Waals surface area contributed by atoms with Gasteiger partial charge in [-0.3, -0.25) is 4.79 Å². The molecule has 0 unspecified atom stereocenters. The molecule has 1 amide bonds. The van der Waals surface area contributed by atoms with Crippen molar-refractivity contribution in [1.29, 1.82) is 5.26 Å². The summed E-state index contributed by atoms with van der Waals surface area (Å²) in [6.07, 6.45) is 0. The number of nitrogens with zero attached hydrogens (tertiary/aromatic N) is 1. The van der Waals surface area contributed by atoms with Gasteiger partial charge in [-0.2, -0.15) is 5.26 Å². The van der Waals surface area contributed by atoms with Crippen molar-refractivity contribution in [3.8, 4) is 11.8 Å². The molecule has 0 aliphatic rings. The molecule has 106 valence electrons. The van der Waals surface area contributed by atoms with Crippen LogP contribution in [0.2, 0.25) is 0 Å². The fourth-order valence-electron chi connectivity index (χ4n) is 1.83. The summed E-state index contributed by atoms with van der Waals surface area (Å²) >= 11 is 3.37. The number of nitriles is 1. The van der Waals surface area contributed by atoms with E-state index in [2.05, 4.69) is 21.2 Å². The Morgan fingerprint density at radius 1 is 1.29 bits per heavy atom. The maximum Gasteiger partial charge on any atom is 0.255 e. The first-order valence-electron chi connectivity index (χ1n) is 6.27. The zero-order chi connectivity index (χ0) is 15.2. The highest BCUT2D eigenvalue weighted by molar-refractivity contribution is 9.10. The van der Waals surface area contributed by atoms with Crippen molar-refractivity contribution < 1.29 is 9.53 Å². The van der Waals surface area contributed by atoms with E-state index in [0.29, 0.717) is 17.0 Å². The minimum absolute atomic E-state index is 0.00376. The Bertz CT molecular complexity index is 690. The van der Waals surface area contributed by atoms with Crippen molar-refractivity contribution in [3.63, 3.8) is 0 Å². The molecule has 0 heterocycles. The molecule has 0 aromatic heterocycles. The Morgan fingerprint density at radius 3 is 2.62 bits per heavy atom. The van der Waals surface area contributed by atoms with Crippen LogP contribution in [0.4, 0.5) is 5.69 Å². The second-order valence-electron chi connectivity index (χ2n) is 4.38. The molecule has 1 N–H and O–H groups in total. The van der Waals surface area contributed by atoms with Gasteiger partial charge in [-0.05, 0) is 55.0 Å². The molecule has 0 radical (unpaired) electrons. The molecule has 5 heteroatoms. The van der Waals surface area contributed by atoms with E-state index in [-0.39, 0.29) is 12.5 Å². The van der Waals surface area contributed by atoms with Crippen LogP contribution in [0.1, 0.15) is 15.9 Å². The molecule has 0 spiro atoms. The molecule has 2 rings (SSSR count). The van der Waals surface area contributed by atoms with Crippen molar-refractivity contribution >= 4 is 27.5 Å². The highest BCUT2D eigenvalue weighted by atomic mass is 79.9. The summed E-state index contributed by atoms with van der Waals surface area (Å²) in [7, 11) is 0. The molecule has 0 atom stereocenters. The normalized spacial score (nSPS) is 9.76. The summed E-state index contributed by atoms with van der Waals surface area (Å²) in [5, 5.41) is 11.3. The summed E-state index contributed by atoms with van der Waals surface area (Å²) in [5.41, 5.74) is 2.20. The molecular weight excluding hydrogens is 332 g/mol. The van der Waals surface area contributed by atoms with Gasteiger partial charge in [0.2, 0.25) is 0 Å². The van der Waals surface area contributed by atoms with E-state index in [0.717, 1.165) is 10.0 Å². The number of rotatable bonds is 4. The van der Waals surface area contributed by atoms with Gasteiger partial charge in [0.15, 0.2) is 6.61 Å². The van der Waals surface area contributed by atoms with Crippen LogP contribution in [0.3, 0.4) is 0 Å². The van der Waals surface area contributed by atoms with Crippen LogP contribution >= 0.6 is 15.9 Å². The fraction of sp³-hybridized carbons (Fsp3) is 0.125. The number of benzene rings is 2. The van der Waals surface area contributed by atoms with Gasteiger partial charge in [0, 0.05) is 15.7 Å². The SMILES string of the molecule is Cc1cc(Br)ccc1C(=O)Nc1ccc(OCC#N)cc1. The highest BCUT2D eigenvalue weighted by Crippen LogP contribution is 2.19. The van der Waals surface area contributed by atoms with E-state index >= 15 is 0 Å². The first-order valence-corrected chi connectivity index (χ1v) is 7.07. The van der Waals surface area contributed by atoms with E-state index < -0.39 is 0 Å². The van der Waals surface area contributed by atoms with Gasteiger partial charge in [0.05, 0.1) is 0 Å². The lowest BCUT2D eigenvalue weighted by molar-refractivity contribution is 0.102. The lowest BCUT2D eigenvalue weighted by atomic mass is 10.1. The molecule has 0 saturated carbocycles. The second kappa shape index (κ2) is 6.91. The average molecular weight is 345 g/mol. The van der Waals surface area contributed by atoms with E-state index in [1.165, 1.54) is 0 Å². The Hall–Kier alpha value is -2.32. The predicted molar refractivity (Wildman–Crippen MR) is 84.4 cm³/mol. The zero-order valence-corrected chi connectivity index (χ0v) is 13.0. The molecule has 2 aromatic rings. The van der Waals surface area contributed by atoms with Crippen LogP contribution in [-0.4, -0.2) is 12.5 Å². The van der Waals surface area contributed by atoms with Crippen LogP contribution in [0.15, 0.2) is 46.9 Å². The summed E-state index contributed by atoms with van der Waals surface area (Å²) in [6.45, 7) is 1.89. The van der Waals surface area contributed by atoms with Crippen molar-refractivity contribution in [2.45, 2.75) is 6.92 Å². The number of anilines is 1.